The second kappa shape index (κ2) is 13.1. The molecule has 0 aliphatic carbocycles. The Labute approximate surface area is 182 Å². The Morgan fingerprint density at radius 3 is 2.78 bits per heavy atom. The fourth-order valence-electron chi connectivity index (χ4n) is 2.60. The third-order valence-electron chi connectivity index (χ3n) is 4.11. The van der Waals surface area contributed by atoms with Gasteiger partial charge in [0.05, 0.1) is 19.3 Å². The molecule has 1 amide bonds. The second-order valence-electron chi connectivity index (χ2n) is 6.18. The normalized spacial score (nSPS) is 16.1. The number of carbonyl (C=O) groups is 1. The van der Waals surface area contributed by atoms with Crippen molar-refractivity contribution in [1.82, 2.24) is 20.4 Å². The third-order valence-corrected chi connectivity index (χ3v) is 5.08. The van der Waals surface area contributed by atoms with Gasteiger partial charge >= 0.3 is 0 Å². The topological polar surface area (TPSA) is 69.2 Å². The standard InChI is InChI=1S/C18H29N5O2S.HI/c1-4-7-19-18(21-14-17(24)22(2)3)20-13-15(16-6-5-12-26-16)23-8-10-25-11-9-23;/h4-6,12,15H,1,7-11,13-14H2,2-3H3,(H2,19,20,21);1H. The fraction of sp³-hybridized carbons (Fsp3) is 0.556. The average molecular weight is 507 g/mol. The van der Waals surface area contributed by atoms with E-state index in [1.54, 1.807) is 31.5 Å². The van der Waals surface area contributed by atoms with E-state index in [2.05, 4.69) is 44.6 Å². The van der Waals surface area contributed by atoms with Crippen LogP contribution in [0.4, 0.5) is 0 Å². The van der Waals surface area contributed by atoms with Crippen LogP contribution in [0.5, 0.6) is 0 Å². The summed E-state index contributed by atoms with van der Waals surface area (Å²) in [5.74, 6) is 0.586. The second-order valence-corrected chi connectivity index (χ2v) is 7.16. The van der Waals surface area contributed by atoms with E-state index in [9.17, 15) is 4.79 Å². The minimum atomic E-state index is -0.0345. The van der Waals surface area contributed by atoms with E-state index in [0.29, 0.717) is 19.0 Å². The number of hydrogen-bond acceptors (Lipinski definition) is 5. The zero-order valence-electron chi connectivity index (χ0n) is 16.0. The molecule has 0 bridgehead atoms. The molecule has 9 heteroatoms. The molecule has 152 valence electrons. The number of aliphatic imine (C=N–C) groups is 1. The molecule has 1 aliphatic rings. The zero-order chi connectivity index (χ0) is 18.8. The molecule has 0 saturated carbocycles. The van der Waals surface area contributed by atoms with Gasteiger partial charge in [0.25, 0.3) is 0 Å². The first kappa shape index (κ1) is 23.9. The highest BCUT2D eigenvalue weighted by Gasteiger charge is 2.23. The van der Waals surface area contributed by atoms with Gasteiger partial charge < -0.3 is 20.3 Å². The van der Waals surface area contributed by atoms with Gasteiger partial charge in [0.15, 0.2) is 5.96 Å². The molecular weight excluding hydrogens is 477 g/mol. The van der Waals surface area contributed by atoms with Crippen LogP contribution in [0.25, 0.3) is 0 Å². The lowest BCUT2D eigenvalue weighted by Gasteiger charge is -2.34. The molecule has 0 aromatic carbocycles. The lowest BCUT2D eigenvalue weighted by Crippen LogP contribution is -2.46. The first-order valence-corrected chi connectivity index (χ1v) is 9.68. The Morgan fingerprint density at radius 1 is 1.44 bits per heavy atom. The maximum absolute atomic E-state index is 11.8. The number of nitrogens with zero attached hydrogens (tertiary/aromatic N) is 3. The number of ether oxygens (including phenoxy) is 1. The molecular formula is C18H30IN5O2S. The number of nitrogens with one attached hydrogen (secondary N) is 2. The summed E-state index contributed by atoms with van der Waals surface area (Å²) in [6.07, 6.45) is 1.77. The summed E-state index contributed by atoms with van der Waals surface area (Å²) in [5, 5.41) is 8.66. The van der Waals surface area contributed by atoms with Crippen LogP contribution in [0.2, 0.25) is 0 Å². The predicted molar refractivity (Wildman–Crippen MR) is 122 cm³/mol. The molecule has 1 aromatic heterocycles. The summed E-state index contributed by atoms with van der Waals surface area (Å²) in [6.45, 7) is 8.47. The molecule has 1 aliphatic heterocycles. The fourth-order valence-corrected chi connectivity index (χ4v) is 3.47. The molecule has 1 fully saturated rings. The molecule has 2 N–H and O–H groups in total. The number of carbonyl (C=O) groups excluding carboxylic acids is 1. The van der Waals surface area contributed by atoms with Gasteiger partial charge in [0.2, 0.25) is 5.91 Å². The van der Waals surface area contributed by atoms with Gasteiger partial charge in [-0.15, -0.1) is 41.9 Å². The molecule has 7 nitrogen and oxygen atoms in total. The molecule has 0 radical (unpaired) electrons. The summed E-state index contributed by atoms with van der Waals surface area (Å²) in [5.41, 5.74) is 0. The van der Waals surface area contributed by atoms with Gasteiger partial charge in [-0.2, -0.15) is 0 Å². The van der Waals surface area contributed by atoms with Crippen LogP contribution in [0.3, 0.4) is 0 Å². The average Bonchev–Trinajstić information content (AvgIpc) is 3.18. The van der Waals surface area contributed by atoms with E-state index in [0.717, 1.165) is 26.3 Å². The van der Waals surface area contributed by atoms with Crippen molar-refractivity contribution in [2.24, 2.45) is 4.99 Å². The van der Waals surface area contributed by atoms with Gasteiger partial charge in [-0.1, -0.05) is 12.1 Å². The van der Waals surface area contributed by atoms with Gasteiger partial charge in [-0.25, -0.2) is 4.99 Å². The molecule has 1 saturated heterocycles. The van der Waals surface area contributed by atoms with E-state index in [1.807, 2.05) is 0 Å². The molecule has 1 atom stereocenters. The third kappa shape index (κ3) is 8.16. The summed E-state index contributed by atoms with van der Waals surface area (Å²) in [4.78, 5) is 21.5. The number of rotatable bonds is 8. The number of hydrogen-bond donors (Lipinski definition) is 2. The van der Waals surface area contributed by atoms with E-state index in [-0.39, 0.29) is 42.5 Å². The van der Waals surface area contributed by atoms with Crippen LogP contribution < -0.4 is 10.6 Å². The van der Waals surface area contributed by atoms with Crippen molar-refractivity contribution < 1.29 is 9.53 Å². The van der Waals surface area contributed by atoms with Gasteiger partial charge in [0.1, 0.15) is 6.54 Å². The maximum atomic E-state index is 11.8. The highest BCUT2D eigenvalue weighted by Crippen LogP contribution is 2.25. The number of amides is 1. The Hall–Kier alpha value is -1.17. The predicted octanol–water partition coefficient (Wildman–Crippen LogP) is 1.55. The van der Waals surface area contributed by atoms with Crippen molar-refractivity contribution in [3.05, 3.63) is 35.0 Å². The van der Waals surface area contributed by atoms with E-state index in [1.165, 1.54) is 9.78 Å². The molecule has 1 aromatic rings. The monoisotopic (exact) mass is 507 g/mol. The smallest absolute Gasteiger partial charge is 0.243 e. The van der Waals surface area contributed by atoms with Gasteiger partial charge in [0, 0.05) is 45.2 Å². The minimum Gasteiger partial charge on any atom is -0.379 e. The van der Waals surface area contributed by atoms with Crippen LogP contribution in [0.15, 0.2) is 35.2 Å². The van der Waals surface area contributed by atoms with Crippen LogP contribution in [0, 0.1) is 0 Å². The number of morpholine rings is 1. The van der Waals surface area contributed by atoms with Crippen molar-refractivity contribution in [3.63, 3.8) is 0 Å². The van der Waals surface area contributed by atoms with Crippen molar-refractivity contribution >= 4 is 47.2 Å². The van der Waals surface area contributed by atoms with Crippen molar-refractivity contribution in [2.45, 2.75) is 6.04 Å². The minimum absolute atomic E-state index is 0. The number of thiophene rings is 1. The largest absolute Gasteiger partial charge is 0.379 e. The quantitative estimate of drug-likeness (QED) is 0.242. The van der Waals surface area contributed by atoms with Crippen LogP contribution in [0.1, 0.15) is 10.9 Å². The molecule has 27 heavy (non-hydrogen) atoms. The van der Waals surface area contributed by atoms with E-state index in [4.69, 9.17) is 4.74 Å². The zero-order valence-corrected chi connectivity index (χ0v) is 19.2. The SMILES string of the molecule is C=CCNC(=NCC(=O)N(C)C)NCC(c1cccs1)N1CCOCC1.I. The van der Waals surface area contributed by atoms with Crippen LogP contribution >= 0.6 is 35.3 Å². The van der Waals surface area contributed by atoms with Crippen molar-refractivity contribution in [2.75, 3.05) is 60.0 Å². The summed E-state index contributed by atoms with van der Waals surface area (Å²) in [7, 11) is 3.46. The summed E-state index contributed by atoms with van der Waals surface area (Å²) in [6, 6.07) is 4.49. The van der Waals surface area contributed by atoms with Gasteiger partial charge in [-0.3, -0.25) is 9.69 Å². The van der Waals surface area contributed by atoms with Crippen molar-refractivity contribution in [1.29, 1.82) is 0 Å². The maximum Gasteiger partial charge on any atom is 0.243 e. The van der Waals surface area contributed by atoms with Gasteiger partial charge in [-0.05, 0) is 11.4 Å². The van der Waals surface area contributed by atoms with Crippen LogP contribution in [-0.4, -0.2) is 81.7 Å². The van der Waals surface area contributed by atoms with Crippen LogP contribution in [-0.2, 0) is 9.53 Å². The number of likely N-dealkylation sites (N-methyl/N-ethyl adjacent to an activating group) is 1. The summed E-state index contributed by atoms with van der Waals surface area (Å²) < 4.78 is 5.49. The Balaban J connectivity index is 0.00000364. The molecule has 2 heterocycles. The van der Waals surface area contributed by atoms with E-state index < -0.39 is 0 Å². The Morgan fingerprint density at radius 2 is 2.19 bits per heavy atom. The van der Waals surface area contributed by atoms with Crippen molar-refractivity contribution in [3.8, 4) is 0 Å². The lowest BCUT2D eigenvalue weighted by molar-refractivity contribution is -0.127. The highest BCUT2D eigenvalue weighted by molar-refractivity contribution is 14.0. The number of guanidine groups is 1. The molecule has 1 unspecified atom stereocenters. The Kier molecular flexibility index (Phi) is 11.6. The highest BCUT2D eigenvalue weighted by atomic mass is 127. The lowest BCUT2D eigenvalue weighted by atomic mass is 10.2. The Bertz CT molecular complexity index is 589. The first-order chi connectivity index (χ1) is 12.6. The summed E-state index contributed by atoms with van der Waals surface area (Å²) >= 11 is 1.76. The first-order valence-electron chi connectivity index (χ1n) is 8.80. The van der Waals surface area contributed by atoms with E-state index >= 15 is 0 Å². The number of halogens is 1. The molecule has 2 rings (SSSR count). The molecule has 0 spiro atoms.